The molecule has 0 unspecified atom stereocenters. The number of hydrogen-bond acceptors (Lipinski definition) is 5. The molecule has 31 heavy (non-hydrogen) atoms. The predicted molar refractivity (Wildman–Crippen MR) is 132 cm³/mol. The van der Waals surface area contributed by atoms with Crippen LogP contribution in [0.3, 0.4) is 0 Å². The molecule has 0 spiro atoms. The summed E-state index contributed by atoms with van der Waals surface area (Å²) in [6, 6.07) is 14.0. The number of H-pyrrole nitrogens is 1. The van der Waals surface area contributed by atoms with E-state index >= 15 is 0 Å². The third-order valence-corrected chi connectivity index (χ3v) is 6.19. The molecule has 0 aliphatic heterocycles. The number of thiazole rings is 1. The predicted octanol–water partition coefficient (Wildman–Crippen LogP) is 5.06. The number of phenolic OH excluding ortho intramolecular Hbond substituents is 1. The van der Waals surface area contributed by atoms with E-state index in [-0.39, 0.29) is 23.0 Å². The second-order valence-corrected chi connectivity index (χ2v) is 8.56. The lowest BCUT2D eigenvalue weighted by Crippen LogP contribution is -2.18. The van der Waals surface area contributed by atoms with E-state index in [9.17, 15) is 9.90 Å². The van der Waals surface area contributed by atoms with Gasteiger partial charge in [-0.05, 0) is 56.0 Å². The highest BCUT2D eigenvalue weighted by Crippen LogP contribution is 2.27. The molecule has 3 aromatic rings. The highest BCUT2D eigenvalue weighted by molar-refractivity contribution is 7.16. The van der Waals surface area contributed by atoms with Gasteiger partial charge in [0.1, 0.15) is 11.3 Å². The first kappa shape index (κ1) is 25.4. The maximum absolute atomic E-state index is 11.6. The fraction of sp³-hybridized carbons (Fsp3) is 0.458. The van der Waals surface area contributed by atoms with Crippen molar-refractivity contribution in [1.29, 1.82) is 0 Å². The minimum atomic E-state index is -0.123. The Morgan fingerprint density at radius 3 is 2.52 bits per heavy atom. The molecule has 1 aromatic heterocycles. The van der Waals surface area contributed by atoms with Gasteiger partial charge in [-0.25, -0.2) is 0 Å². The first-order chi connectivity index (χ1) is 14.7. The van der Waals surface area contributed by atoms with Crippen LogP contribution in [0.2, 0.25) is 0 Å². The van der Waals surface area contributed by atoms with Crippen molar-refractivity contribution in [3.8, 4) is 5.75 Å². The van der Waals surface area contributed by atoms with Gasteiger partial charge < -0.3 is 20.1 Å². The van der Waals surface area contributed by atoms with E-state index in [1.165, 1.54) is 42.6 Å². The summed E-state index contributed by atoms with van der Waals surface area (Å²) in [5.41, 5.74) is 3.00. The number of aromatic nitrogens is 1. The Labute approximate surface area is 194 Å². The van der Waals surface area contributed by atoms with Gasteiger partial charge in [-0.1, -0.05) is 67.0 Å². The minimum Gasteiger partial charge on any atom is -0.506 e. The summed E-state index contributed by atoms with van der Waals surface area (Å²) in [5, 5.41) is 13.3. The van der Waals surface area contributed by atoms with Crippen LogP contribution >= 0.6 is 23.7 Å². The normalized spacial score (nSPS) is 11.0. The molecule has 0 aliphatic rings. The Hall–Kier alpha value is -1.86. The lowest BCUT2D eigenvalue weighted by molar-refractivity contribution is 0.133. The fourth-order valence-electron chi connectivity index (χ4n) is 3.54. The van der Waals surface area contributed by atoms with Crippen molar-refractivity contribution in [2.24, 2.45) is 0 Å². The summed E-state index contributed by atoms with van der Waals surface area (Å²) in [5.74, 6) is 0.140. The second-order valence-electron chi connectivity index (χ2n) is 7.58. The van der Waals surface area contributed by atoms with Gasteiger partial charge in [-0.3, -0.25) is 4.79 Å². The number of ether oxygens (including phenoxy) is 1. The molecule has 1 heterocycles. The van der Waals surface area contributed by atoms with Crippen molar-refractivity contribution < 1.29 is 9.84 Å². The molecule has 0 atom stereocenters. The number of halogens is 1. The Morgan fingerprint density at radius 1 is 0.903 bits per heavy atom. The van der Waals surface area contributed by atoms with Gasteiger partial charge in [0.15, 0.2) is 0 Å². The summed E-state index contributed by atoms with van der Waals surface area (Å²) < 4.78 is 6.60. The number of hydrogen-bond donors (Lipinski definition) is 3. The van der Waals surface area contributed by atoms with Crippen LogP contribution in [0, 0.1) is 0 Å². The Morgan fingerprint density at radius 2 is 1.68 bits per heavy atom. The zero-order valence-electron chi connectivity index (χ0n) is 17.9. The van der Waals surface area contributed by atoms with Crippen LogP contribution in [0.1, 0.15) is 43.2 Å². The van der Waals surface area contributed by atoms with Crippen LogP contribution < -0.4 is 10.2 Å². The number of aromatic hydroxyl groups is 1. The molecule has 3 rings (SSSR count). The molecule has 5 nitrogen and oxygen atoms in total. The Kier molecular flexibility index (Phi) is 11.7. The van der Waals surface area contributed by atoms with Crippen LogP contribution in [0.5, 0.6) is 5.75 Å². The summed E-state index contributed by atoms with van der Waals surface area (Å²) in [4.78, 5) is 14.1. The van der Waals surface area contributed by atoms with E-state index in [0.29, 0.717) is 5.52 Å². The van der Waals surface area contributed by atoms with Gasteiger partial charge in [-0.2, -0.15) is 0 Å². The van der Waals surface area contributed by atoms with Crippen molar-refractivity contribution in [3.05, 3.63) is 63.3 Å². The maximum Gasteiger partial charge on any atom is 0.305 e. The maximum atomic E-state index is 11.6. The number of unbranched alkanes of at least 4 members (excludes halogenated alkanes) is 4. The zero-order chi connectivity index (χ0) is 21.0. The van der Waals surface area contributed by atoms with Gasteiger partial charge >= 0.3 is 4.87 Å². The number of phenols is 1. The van der Waals surface area contributed by atoms with Gasteiger partial charge in [0.2, 0.25) is 0 Å². The van der Waals surface area contributed by atoms with Crippen LogP contribution in [-0.2, 0) is 17.6 Å². The van der Waals surface area contributed by atoms with Crippen molar-refractivity contribution in [2.45, 2.75) is 44.9 Å². The van der Waals surface area contributed by atoms with Crippen LogP contribution in [0.15, 0.2) is 47.3 Å². The molecular formula is C24H33ClN2O3S. The van der Waals surface area contributed by atoms with Gasteiger partial charge in [0.05, 0.1) is 11.3 Å². The molecule has 170 valence electrons. The van der Waals surface area contributed by atoms with E-state index in [4.69, 9.17) is 4.74 Å². The SMILES string of the molecule is Cl.O=c1[nH]c2c(O)ccc(CCNCCCCCCCOCCc3ccccc3)c2s1. The molecule has 3 N–H and O–H groups in total. The number of aromatic amines is 1. The van der Waals surface area contributed by atoms with E-state index in [1.54, 1.807) is 6.07 Å². The van der Waals surface area contributed by atoms with E-state index in [0.717, 1.165) is 55.8 Å². The van der Waals surface area contributed by atoms with Crippen LogP contribution in [-0.4, -0.2) is 36.4 Å². The Balaban J connectivity index is 0.00000341. The standard InChI is InChI=1S/C24H32N2O3S.ClH/c27-21-12-11-20(23-22(21)26-24(28)30-23)13-16-25-15-7-2-1-3-8-17-29-18-14-19-9-5-4-6-10-19;/h4-6,9-12,25,27H,1-3,7-8,13-18H2,(H,26,28);1H. The molecular weight excluding hydrogens is 432 g/mol. The van der Waals surface area contributed by atoms with E-state index in [1.807, 2.05) is 12.1 Å². The number of benzene rings is 2. The van der Waals surface area contributed by atoms with E-state index in [2.05, 4.69) is 34.6 Å². The van der Waals surface area contributed by atoms with Gasteiger partial charge in [0, 0.05) is 6.61 Å². The molecule has 0 radical (unpaired) electrons. The lowest BCUT2D eigenvalue weighted by atomic mass is 10.1. The van der Waals surface area contributed by atoms with Crippen molar-refractivity contribution in [1.82, 2.24) is 10.3 Å². The van der Waals surface area contributed by atoms with Crippen LogP contribution in [0.25, 0.3) is 10.2 Å². The topological polar surface area (TPSA) is 74.4 Å². The second kappa shape index (κ2) is 14.2. The smallest absolute Gasteiger partial charge is 0.305 e. The molecule has 7 heteroatoms. The average molecular weight is 465 g/mol. The summed E-state index contributed by atoms with van der Waals surface area (Å²) in [6.45, 7) is 3.55. The zero-order valence-corrected chi connectivity index (χ0v) is 19.5. The highest BCUT2D eigenvalue weighted by Gasteiger charge is 2.09. The van der Waals surface area contributed by atoms with Crippen molar-refractivity contribution in [3.63, 3.8) is 0 Å². The molecule has 0 amide bonds. The summed E-state index contributed by atoms with van der Waals surface area (Å²) >= 11 is 1.17. The van der Waals surface area contributed by atoms with Gasteiger partial charge in [-0.15, -0.1) is 12.4 Å². The first-order valence-electron chi connectivity index (χ1n) is 10.9. The molecule has 0 saturated carbocycles. The quantitative estimate of drug-likeness (QED) is 0.291. The molecule has 2 aromatic carbocycles. The number of nitrogens with one attached hydrogen (secondary N) is 2. The number of fused-ring (bicyclic) bond motifs is 1. The van der Waals surface area contributed by atoms with Crippen molar-refractivity contribution >= 4 is 34.0 Å². The third kappa shape index (κ3) is 8.65. The van der Waals surface area contributed by atoms with Crippen LogP contribution in [0.4, 0.5) is 0 Å². The van der Waals surface area contributed by atoms with Gasteiger partial charge in [0.25, 0.3) is 0 Å². The average Bonchev–Trinajstić information content (AvgIpc) is 3.16. The molecule has 0 bridgehead atoms. The summed E-state index contributed by atoms with van der Waals surface area (Å²) in [6.07, 6.45) is 7.87. The molecule has 0 fully saturated rings. The fourth-order valence-corrected chi connectivity index (χ4v) is 4.44. The lowest BCUT2D eigenvalue weighted by Gasteiger charge is -2.07. The molecule has 0 saturated heterocycles. The van der Waals surface area contributed by atoms with Crippen molar-refractivity contribution in [2.75, 3.05) is 26.3 Å². The number of rotatable bonds is 14. The monoisotopic (exact) mass is 464 g/mol. The van der Waals surface area contributed by atoms with E-state index < -0.39 is 0 Å². The molecule has 0 aliphatic carbocycles. The Bertz CT molecular complexity index is 943. The highest BCUT2D eigenvalue weighted by atomic mass is 35.5. The third-order valence-electron chi connectivity index (χ3n) is 5.23. The summed E-state index contributed by atoms with van der Waals surface area (Å²) in [7, 11) is 0. The first-order valence-corrected chi connectivity index (χ1v) is 11.7. The largest absolute Gasteiger partial charge is 0.506 e. The minimum absolute atomic E-state index is 0.